The summed E-state index contributed by atoms with van der Waals surface area (Å²) in [5, 5.41) is 8.33. The van der Waals surface area contributed by atoms with Gasteiger partial charge in [-0.05, 0) is 0 Å². The summed E-state index contributed by atoms with van der Waals surface area (Å²) in [7, 11) is 0. The molecule has 3 N–H and O–H groups in total. The maximum Gasteiger partial charge on any atom is 0.108 e. The third-order valence-electron chi connectivity index (χ3n) is 1.10. The first-order valence-electron chi connectivity index (χ1n) is 2.35. The molecule has 2 unspecified atom stereocenters. The van der Waals surface area contributed by atoms with E-state index in [-0.39, 0.29) is 18.8 Å². The number of aliphatic hydroxyl groups is 1. The summed E-state index contributed by atoms with van der Waals surface area (Å²) in [4.78, 5) is 0. The van der Waals surface area contributed by atoms with Gasteiger partial charge in [0.2, 0.25) is 0 Å². The van der Waals surface area contributed by atoms with Crippen molar-refractivity contribution in [3.8, 4) is 0 Å². The maximum absolute atomic E-state index is 8.33. The van der Waals surface area contributed by atoms with Crippen molar-refractivity contribution in [2.24, 2.45) is 5.73 Å². The largest absolute Gasteiger partial charge is 0.394 e. The molecule has 7 heavy (non-hydrogen) atoms. The Morgan fingerprint density at radius 3 is 2.43 bits per heavy atom. The van der Waals surface area contributed by atoms with Gasteiger partial charge in [-0.25, -0.2) is 0 Å². The van der Waals surface area contributed by atoms with E-state index in [1.807, 2.05) is 0 Å². The van der Waals surface area contributed by atoms with Gasteiger partial charge in [-0.15, -0.1) is 0 Å². The van der Waals surface area contributed by atoms with Crippen molar-refractivity contribution in [2.45, 2.75) is 12.2 Å². The lowest BCUT2D eigenvalue weighted by Crippen LogP contribution is -2.10. The van der Waals surface area contributed by atoms with E-state index in [2.05, 4.69) is 0 Å². The van der Waals surface area contributed by atoms with Crippen LogP contribution in [0.15, 0.2) is 0 Å². The third kappa shape index (κ3) is 0.907. The van der Waals surface area contributed by atoms with Crippen LogP contribution in [0.3, 0.4) is 0 Å². The van der Waals surface area contributed by atoms with Gasteiger partial charge in [0, 0.05) is 6.54 Å². The van der Waals surface area contributed by atoms with E-state index in [0.717, 1.165) is 0 Å². The van der Waals surface area contributed by atoms with Gasteiger partial charge in [0.25, 0.3) is 0 Å². The lowest BCUT2D eigenvalue weighted by atomic mass is 10.3. The highest BCUT2D eigenvalue weighted by molar-refractivity contribution is 4.84. The Bertz CT molecular complexity index is 58.7. The molecule has 0 aromatic carbocycles. The summed E-state index contributed by atoms with van der Waals surface area (Å²) < 4.78 is 4.84. The first-order chi connectivity index (χ1) is 3.38. The molecule has 1 saturated heterocycles. The zero-order valence-electron chi connectivity index (χ0n) is 4.00. The van der Waals surface area contributed by atoms with Gasteiger partial charge in [0.1, 0.15) is 6.10 Å². The Morgan fingerprint density at radius 2 is 2.29 bits per heavy atom. The van der Waals surface area contributed by atoms with Crippen molar-refractivity contribution in [1.29, 1.82) is 0 Å². The van der Waals surface area contributed by atoms with Crippen LogP contribution in [-0.2, 0) is 4.74 Å². The van der Waals surface area contributed by atoms with E-state index >= 15 is 0 Å². The predicted octanol–water partition coefficient (Wildman–Crippen LogP) is -1.30. The van der Waals surface area contributed by atoms with Gasteiger partial charge in [-0.1, -0.05) is 0 Å². The SMILES string of the molecule is NCC1OC1CO. The van der Waals surface area contributed by atoms with Gasteiger partial charge in [-0.2, -0.15) is 0 Å². The van der Waals surface area contributed by atoms with Crippen LogP contribution >= 0.6 is 0 Å². The molecule has 0 aromatic heterocycles. The van der Waals surface area contributed by atoms with Crippen molar-refractivity contribution in [1.82, 2.24) is 0 Å². The number of hydrogen-bond donors (Lipinski definition) is 2. The number of epoxide rings is 1. The lowest BCUT2D eigenvalue weighted by molar-refractivity contribution is 0.242. The number of nitrogens with two attached hydrogens (primary N) is 1. The van der Waals surface area contributed by atoms with Crippen LogP contribution in [0.1, 0.15) is 0 Å². The average molecular weight is 103 g/mol. The Kier molecular flexibility index (Phi) is 1.27. The van der Waals surface area contributed by atoms with Gasteiger partial charge in [0.15, 0.2) is 0 Å². The second-order valence-corrected chi connectivity index (χ2v) is 1.63. The summed E-state index contributed by atoms with van der Waals surface area (Å²) in [5.41, 5.74) is 5.16. The van der Waals surface area contributed by atoms with E-state index in [1.165, 1.54) is 0 Å². The minimum atomic E-state index is 0.0463. The molecule has 0 aliphatic carbocycles. The van der Waals surface area contributed by atoms with Crippen LogP contribution in [0, 0.1) is 0 Å². The predicted molar refractivity (Wildman–Crippen MR) is 24.8 cm³/mol. The van der Waals surface area contributed by atoms with E-state index in [0.29, 0.717) is 6.54 Å². The lowest BCUT2D eigenvalue weighted by Gasteiger charge is -1.78. The summed E-state index contributed by atoms with van der Waals surface area (Å²) >= 11 is 0. The zero-order chi connectivity index (χ0) is 5.28. The highest BCUT2D eigenvalue weighted by Crippen LogP contribution is 2.18. The van der Waals surface area contributed by atoms with Gasteiger partial charge in [-0.3, -0.25) is 0 Å². The zero-order valence-corrected chi connectivity index (χ0v) is 4.00. The van der Waals surface area contributed by atoms with Crippen molar-refractivity contribution in [3.63, 3.8) is 0 Å². The molecule has 2 atom stereocenters. The summed E-state index contributed by atoms with van der Waals surface area (Å²) in [6, 6.07) is 0. The number of ether oxygens (including phenoxy) is 1. The molecule has 0 bridgehead atoms. The van der Waals surface area contributed by atoms with E-state index in [4.69, 9.17) is 15.6 Å². The maximum atomic E-state index is 8.33. The molecule has 3 heteroatoms. The second kappa shape index (κ2) is 1.78. The van der Waals surface area contributed by atoms with Crippen LogP contribution < -0.4 is 5.73 Å². The minimum absolute atomic E-state index is 0.0463. The third-order valence-corrected chi connectivity index (χ3v) is 1.10. The second-order valence-electron chi connectivity index (χ2n) is 1.63. The smallest absolute Gasteiger partial charge is 0.108 e. The van der Waals surface area contributed by atoms with Crippen LogP contribution in [-0.4, -0.2) is 30.5 Å². The first-order valence-corrected chi connectivity index (χ1v) is 2.35. The van der Waals surface area contributed by atoms with Crippen molar-refractivity contribution < 1.29 is 9.84 Å². The molecule has 1 fully saturated rings. The molecule has 1 aliphatic heterocycles. The van der Waals surface area contributed by atoms with Crippen LogP contribution in [0.4, 0.5) is 0 Å². The topological polar surface area (TPSA) is 58.8 Å². The quantitative estimate of drug-likeness (QED) is 0.427. The summed E-state index contributed by atoms with van der Waals surface area (Å²) in [6.07, 6.45) is 0.190. The molecule has 1 rings (SSSR count). The van der Waals surface area contributed by atoms with Crippen molar-refractivity contribution in [2.75, 3.05) is 13.2 Å². The molecule has 3 nitrogen and oxygen atoms in total. The average Bonchev–Trinajstić information content (AvgIpc) is 2.43. The van der Waals surface area contributed by atoms with E-state index < -0.39 is 0 Å². The Balaban J connectivity index is 2.06. The molecular formula is C4H9NO2. The number of hydrogen-bond acceptors (Lipinski definition) is 3. The monoisotopic (exact) mass is 103 g/mol. The van der Waals surface area contributed by atoms with Gasteiger partial charge in [0.05, 0.1) is 12.7 Å². The fourth-order valence-corrected chi connectivity index (χ4v) is 0.547. The number of aliphatic hydroxyl groups excluding tert-OH is 1. The molecule has 1 heterocycles. The molecule has 0 saturated carbocycles. The molecule has 0 radical (unpaired) electrons. The van der Waals surface area contributed by atoms with E-state index in [9.17, 15) is 0 Å². The van der Waals surface area contributed by atoms with Gasteiger partial charge >= 0.3 is 0 Å². The molecule has 42 valence electrons. The molecule has 0 amide bonds. The molecule has 1 aliphatic rings. The standard InChI is InChI=1S/C4H9NO2/c5-1-3-4(2-6)7-3/h3-4,6H,1-2,5H2. The van der Waals surface area contributed by atoms with Crippen molar-refractivity contribution in [3.05, 3.63) is 0 Å². The van der Waals surface area contributed by atoms with E-state index in [1.54, 1.807) is 0 Å². The number of rotatable bonds is 2. The van der Waals surface area contributed by atoms with Gasteiger partial charge < -0.3 is 15.6 Å². The minimum Gasteiger partial charge on any atom is -0.394 e. The molecule has 0 aromatic rings. The fourth-order valence-electron chi connectivity index (χ4n) is 0.547. The molecule has 0 spiro atoms. The van der Waals surface area contributed by atoms with Crippen LogP contribution in [0.25, 0.3) is 0 Å². The normalized spacial score (nSPS) is 38.6. The first kappa shape index (κ1) is 5.03. The Morgan fingerprint density at radius 1 is 1.57 bits per heavy atom. The van der Waals surface area contributed by atoms with Crippen LogP contribution in [0.5, 0.6) is 0 Å². The highest BCUT2D eigenvalue weighted by atomic mass is 16.6. The molecular weight excluding hydrogens is 94.0 g/mol. The summed E-state index contributed by atoms with van der Waals surface area (Å²) in [5.74, 6) is 0. The highest BCUT2D eigenvalue weighted by Gasteiger charge is 2.36. The Hall–Kier alpha value is -0.120. The van der Waals surface area contributed by atoms with Crippen LogP contribution in [0.2, 0.25) is 0 Å². The van der Waals surface area contributed by atoms with Crippen molar-refractivity contribution >= 4 is 0 Å². The summed E-state index contributed by atoms with van der Waals surface area (Å²) in [6.45, 7) is 0.646. The fraction of sp³-hybridized carbons (Fsp3) is 1.00. The Labute approximate surface area is 42.1 Å².